The number of carbonyl (C=O) groups is 16. The lowest BCUT2D eigenvalue weighted by atomic mass is 10.0. The summed E-state index contributed by atoms with van der Waals surface area (Å²) in [4.78, 5) is 250. The van der Waals surface area contributed by atoms with Gasteiger partial charge >= 0.3 is 5.97 Å². The number of likely N-dealkylation sites (tertiary alicyclic amines) is 3. The summed E-state index contributed by atoms with van der Waals surface area (Å²) in [5.41, 5.74) is 24.3. The van der Waals surface area contributed by atoms with E-state index in [2.05, 4.69) is 125 Å². The number of carboxylic acid groups (broad SMARTS) is 1. The van der Waals surface area contributed by atoms with Crippen LogP contribution in [-0.4, -0.2) is 293 Å². The largest absolute Gasteiger partial charge is 0.481 e. The Balaban J connectivity index is 0.995. The van der Waals surface area contributed by atoms with Crippen LogP contribution >= 0.6 is 36.9 Å². The maximum absolute atomic E-state index is 15.4. The zero-order valence-electron chi connectivity index (χ0n) is 73.9. The lowest BCUT2D eigenvalue weighted by Crippen LogP contribution is -2.61. The maximum atomic E-state index is 15.4. The number of amides is 15. The van der Waals surface area contributed by atoms with Crippen LogP contribution in [0.15, 0.2) is 79.8 Å². The second kappa shape index (κ2) is 52.7. The summed E-state index contributed by atoms with van der Waals surface area (Å²) in [5, 5.41) is 70.9. The van der Waals surface area contributed by atoms with E-state index in [4.69, 9.17) is 50.8 Å². The first kappa shape index (κ1) is 105. The van der Waals surface area contributed by atoms with Gasteiger partial charge in [0.15, 0.2) is 17.9 Å². The van der Waals surface area contributed by atoms with Gasteiger partial charge in [-0.1, -0.05) is 61.7 Å². The van der Waals surface area contributed by atoms with Crippen molar-refractivity contribution in [3.8, 4) is 0 Å². The Morgan fingerprint density at radius 3 is 1.31 bits per heavy atom. The van der Waals surface area contributed by atoms with Gasteiger partial charge in [-0.15, -0.1) is 0 Å². The van der Waals surface area contributed by atoms with Crippen molar-refractivity contribution in [2.45, 2.75) is 233 Å². The summed E-state index contributed by atoms with van der Waals surface area (Å²) in [5.74, 6) is -15.3. The third-order valence-corrected chi connectivity index (χ3v) is 23.7. The van der Waals surface area contributed by atoms with Crippen LogP contribution in [0, 0.1) is 16.2 Å². The van der Waals surface area contributed by atoms with E-state index in [1.54, 1.807) is 61.7 Å². The summed E-state index contributed by atoms with van der Waals surface area (Å²) in [6, 6.07) is -6.07. The highest BCUT2D eigenvalue weighted by Crippen LogP contribution is 2.28. The van der Waals surface area contributed by atoms with Crippen LogP contribution in [0.5, 0.6) is 0 Å². The molecular weight excluding hydrogens is 1790 g/mol. The van der Waals surface area contributed by atoms with E-state index < -0.39 is 198 Å². The Morgan fingerprint density at radius 2 is 0.850 bits per heavy atom. The van der Waals surface area contributed by atoms with Crippen LogP contribution < -0.4 is 97.4 Å². The van der Waals surface area contributed by atoms with Gasteiger partial charge in [0.25, 0.3) is 0 Å². The summed E-state index contributed by atoms with van der Waals surface area (Å²) in [7, 11) is 0. The number of carbonyl (C=O) groups excluding carboxylic acids is 15. The van der Waals surface area contributed by atoms with Gasteiger partial charge in [0.05, 0.1) is 24.0 Å². The Bertz CT molecular complexity index is 4900. The fraction of sp³-hybridized carbons (Fsp3) is 0.536. The SMILES string of the molecule is CCCC[C@H](NC(=O)[C@H](CCC(=O)O)NC(=O)[C@@H](CCCNC(=N)N)NC(=O)[C@@H]1CCCN1C(=O)[C@@H]1CCCN1C(=O)[C@H](CS)NC(=O)[C@H](Cc1c[nH]c2ccccc12)NC(=O)[C@H](Cc1c[nH]cn1)NC(=O)[C@@H](Cc1ccc(Cl)cc1)NC(=O)[C@H](Cc1c[nH]cn1)NC(=O)[C@@H]1CCCN1C(=O)[C@H](CS)NC(C)=O)C(=O)N[C@H](CCCNC(=N)N)C(=O)N[C@H](CCCNC(=N)N)C(N)=O. The number of unbranched alkanes of at least 4 members (excludes halogenated alkanes) is 1. The van der Waals surface area contributed by atoms with Gasteiger partial charge in [-0.05, 0) is 119 Å². The topological polar surface area (TPSA) is 720 Å². The highest BCUT2D eigenvalue weighted by Gasteiger charge is 2.46. The first-order valence-electron chi connectivity index (χ1n) is 44.0. The van der Waals surface area contributed by atoms with Crippen LogP contribution in [0.3, 0.4) is 0 Å². The number of fused-ring (bicyclic) bond motifs is 1. The molecule has 6 heterocycles. The average Bonchev–Trinajstić information content (AvgIpc) is 1.72. The Labute approximate surface area is 782 Å². The number of nitrogens with one attached hydrogen (secondary N) is 20. The Hall–Kier alpha value is -13.3. The number of aromatic amines is 3. The molecule has 8 rings (SSSR count). The number of guanidine groups is 3. The van der Waals surface area contributed by atoms with Crippen molar-refractivity contribution in [3.63, 3.8) is 0 Å². The van der Waals surface area contributed by atoms with Crippen LogP contribution in [0.2, 0.25) is 5.02 Å². The fourth-order valence-corrected chi connectivity index (χ4v) is 16.5. The number of hydrogen-bond donors (Lipinski definition) is 27. The number of imidazole rings is 2. The molecule has 0 unspecified atom stereocenters. The van der Waals surface area contributed by atoms with E-state index >= 15 is 24.0 Å². The molecule has 3 aliphatic heterocycles. The van der Waals surface area contributed by atoms with Crippen LogP contribution in [0.4, 0.5) is 0 Å². The van der Waals surface area contributed by atoms with Gasteiger partial charge in [0, 0.05) is 124 Å². The number of nitrogens with two attached hydrogens (primary N) is 4. The van der Waals surface area contributed by atoms with E-state index in [0.717, 1.165) is 0 Å². The molecule has 3 fully saturated rings. The molecule has 3 saturated heterocycles. The minimum Gasteiger partial charge on any atom is -0.481 e. The third kappa shape index (κ3) is 32.6. The fourth-order valence-electron chi connectivity index (χ4n) is 15.9. The number of carboxylic acids is 1. The molecule has 0 bridgehead atoms. The highest BCUT2D eigenvalue weighted by molar-refractivity contribution is 7.80. The predicted octanol–water partition coefficient (Wildman–Crippen LogP) is -3.95. The van der Waals surface area contributed by atoms with Crippen molar-refractivity contribution in [2.75, 3.05) is 50.8 Å². The van der Waals surface area contributed by atoms with E-state index in [1.165, 1.54) is 46.7 Å². The molecule has 724 valence electrons. The minimum absolute atomic E-state index is 0.00286. The first-order chi connectivity index (χ1) is 63.6. The van der Waals surface area contributed by atoms with Gasteiger partial charge in [-0.3, -0.25) is 92.9 Å². The van der Waals surface area contributed by atoms with Crippen molar-refractivity contribution < 1.29 is 81.8 Å². The number of H-pyrrole nitrogens is 3. The number of benzene rings is 2. The van der Waals surface area contributed by atoms with Crippen LogP contribution in [0.1, 0.15) is 146 Å². The smallest absolute Gasteiger partial charge is 0.303 e. The summed E-state index contributed by atoms with van der Waals surface area (Å²) < 4.78 is 0. The Morgan fingerprint density at radius 1 is 0.466 bits per heavy atom. The van der Waals surface area contributed by atoms with Crippen LogP contribution in [0.25, 0.3) is 10.9 Å². The molecule has 0 radical (unpaired) electrons. The summed E-state index contributed by atoms with van der Waals surface area (Å²) in [6.07, 6.45) is 7.24. The number of primary amides is 1. The number of halogens is 1. The quantitative estimate of drug-likeness (QED) is 0.00765. The molecule has 5 aromatic rings. The molecule has 0 spiro atoms. The van der Waals surface area contributed by atoms with Gasteiger partial charge in [0.1, 0.15) is 84.6 Å². The number of aromatic nitrogens is 5. The molecule has 0 aliphatic carbocycles. The van der Waals surface area contributed by atoms with Crippen LogP contribution in [-0.2, 0) is 102 Å². The summed E-state index contributed by atoms with van der Waals surface area (Å²) >= 11 is 15.1. The standard InChI is InChI=1S/C84H122ClN29O17S2/c1-3-4-14-54(70(120)104-55(17-8-29-96-83(89)90)69(119)102-53(68(86)118)16-7-28-95-82(87)88)103-72(122)57(26-27-67(116)117)105-71(121)56(18-9-30-97-84(91)92)106-77(127)65-20-11-32-113(65)81(131)66-21-12-33-114(66)80(130)63(42-133)111-74(124)59(35-47-38-98-52-15-6-5-13-51(47)52)108-75(125)60(36-49-39-93-43-99-49)109-73(123)58(34-46-22-24-48(85)25-23-46)107-76(126)61(37-50-40-94-44-100-50)110-78(128)64-19-10-31-112(64)79(129)62(41-132)101-45(2)115/h5-6,13,15,22-25,38-40,43-44,53-66,98,132-133H,3-4,7-12,14,16-21,26-37,41-42H2,1-2H3,(H2,86,118)(H,93,99)(H,94,100)(H,101,115)(H,102,119)(H,103,122)(H,104,120)(H,105,121)(H,106,127)(H,107,126)(H,108,125)(H,109,123)(H,110,128)(H,111,124)(H,116,117)(H4,87,88,95)(H4,89,90,96)(H4,91,92,97)/t53-,54+,55-,56-,57+,58-,59+,60+,61+,62+,63+,64+,65+,66+/m1/s1. The van der Waals surface area contributed by atoms with E-state index in [-0.39, 0.29) is 171 Å². The molecular formula is C84H122ClN29O17S2. The Kier molecular flexibility index (Phi) is 41.6. The predicted molar refractivity (Wildman–Crippen MR) is 494 cm³/mol. The zero-order chi connectivity index (χ0) is 97.0. The molecule has 14 atom stereocenters. The molecule has 2 aromatic carbocycles. The van der Waals surface area contributed by atoms with Crippen molar-refractivity contribution in [1.29, 1.82) is 16.2 Å². The first-order valence-corrected chi connectivity index (χ1v) is 45.6. The number of para-hydroxylation sites is 1. The molecule has 29 N–H and O–H groups in total. The van der Waals surface area contributed by atoms with Crippen molar-refractivity contribution in [3.05, 3.63) is 107 Å². The molecule has 46 nitrogen and oxygen atoms in total. The van der Waals surface area contributed by atoms with Crippen molar-refractivity contribution in [2.24, 2.45) is 22.9 Å². The monoisotopic (exact) mass is 1910 g/mol. The summed E-state index contributed by atoms with van der Waals surface area (Å²) in [6.45, 7) is 3.41. The van der Waals surface area contributed by atoms with E-state index in [0.29, 0.717) is 52.0 Å². The van der Waals surface area contributed by atoms with E-state index in [1.807, 2.05) is 0 Å². The molecule has 3 aromatic heterocycles. The molecule has 49 heteroatoms. The molecule has 0 saturated carbocycles. The number of hydrogen-bond acceptors (Lipinski definition) is 23. The number of aliphatic carboxylic acids is 1. The second-order valence-corrected chi connectivity index (χ2v) is 33.8. The van der Waals surface area contributed by atoms with Crippen molar-refractivity contribution >= 4 is 160 Å². The van der Waals surface area contributed by atoms with Gasteiger partial charge < -0.3 is 132 Å². The normalized spacial score (nSPS) is 17.1. The maximum Gasteiger partial charge on any atom is 0.303 e. The van der Waals surface area contributed by atoms with Crippen molar-refractivity contribution in [1.82, 2.24) is 114 Å². The number of thiol groups is 2. The van der Waals surface area contributed by atoms with Gasteiger partial charge in [-0.2, -0.15) is 25.3 Å². The second-order valence-electron chi connectivity index (χ2n) is 32.6. The molecule has 133 heavy (non-hydrogen) atoms. The number of rotatable bonds is 53. The lowest BCUT2D eigenvalue weighted by Gasteiger charge is -2.33. The minimum atomic E-state index is -1.70. The lowest BCUT2D eigenvalue weighted by molar-refractivity contribution is -0.148. The number of nitrogens with zero attached hydrogens (tertiary/aromatic N) is 5. The van der Waals surface area contributed by atoms with Gasteiger partial charge in [-0.25, -0.2) is 9.97 Å². The average molecular weight is 1910 g/mol. The third-order valence-electron chi connectivity index (χ3n) is 22.7. The molecule has 15 amide bonds. The van der Waals surface area contributed by atoms with Gasteiger partial charge in [0.2, 0.25) is 88.6 Å². The molecule has 3 aliphatic rings. The highest BCUT2D eigenvalue weighted by atomic mass is 35.5. The zero-order valence-corrected chi connectivity index (χ0v) is 76.4. The van der Waals surface area contributed by atoms with E-state index in [9.17, 15) is 57.8 Å².